The predicted molar refractivity (Wildman–Crippen MR) is 116 cm³/mol. The summed E-state index contributed by atoms with van der Waals surface area (Å²) in [6.07, 6.45) is 3.13. The van der Waals surface area contributed by atoms with Crippen LogP contribution in [-0.4, -0.2) is 53.2 Å². The van der Waals surface area contributed by atoms with E-state index in [2.05, 4.69) is 10.0 Å². The van der Waals surface area contributed by atoms with Crippen molar-refractivity contribution in [3.8, 4) is 0 Å². The molecule has 1 aromatic carbocycles. The molecule has 1 aliphatic rings. The second-order valence-electron chi connectivity index (χ2n) is 8.06. The summed E-state index contributed by atoms with van der Waals surface area (Å²) in [4.78, 5) is 12.4. The van der Waals surface area contributed by atoms with E-state index in [4.69, 9.17) is 0 Å². The zero-order valence-corrected chi connectivity index (χ0v) is 19.6. The maximum atomic E-state index is 13.0. The van der Waals surface area contributed by atoms with E-state index in [0.717, 1.165) is 12.8 Å². The highest BCUT2D eigenvalue weighted by atomic mass is 32.2. The molecule has 0 spiro atoms. The molecule has 0 saturated carbocycles. The summed E-state index contributed by atoms with van der Waals surface area (Å²) in [5, 5.41) is 2.87. The Balaban J connectivity index is 2.10. The number of hydrogen-bond acceptors (Lipinski definition) is 5. The van der Waals surface area contributed by atoms with Gasteiger partial charge >= 0.3 is 0 Å². The Morgan fingerprint density at radius 2 is 1.77 bits per heavy atom. The first-order valence-electron chi connectivity index (χ1n) is 10.5. The van der Waals surface area contributed by atoms with Crippen LogP contribution >= 0.6 is 0 Å². The molecule has 1 amide bonds. The van der Waals surface area contributed by atoms with E-state index in [9.17, 15) is 21.6 Å². The molecule has 2 N–H and O–H groups in total. The zero-order valence-electron chi connectivity index (χ0n) is 17.9. The Bertz CT molecular complexity index is 912. The molecule has 1 fully saturated rings. The van der Waals surface area contributed by atoms with Crippen molar-refractivity contribution in [3.63, 3.8) is 0 Å². The van der Waals surface area contributed by atoms with Gasteiger partial charge in [0.15, 0.2) is 0 Å². The van der Waals surface area contributed by atoms with E-state index in [1.54, 1.807) is 0 Å². The van der Waals surface area contributed by atoms with Gasteiger partial charge in [0.1, 0.15) is 0 Å². The molecular formula is C20H33N3O5S2. The average molecular weight is 460 g/mol. The number of nitrogens with zero attached hydrogens (tertiary/aromatic N) is 1. The van der Waals surface area contributed by atoms with Crippen LogP contribution in [0.4, 0.5) is 0 Å². The molecule has 0 unspecified atom stereocenters. The number of rotatable bonds is 10. The number of piperidine rings is 1. The van der Waals surface area contributed by atoms with E-state index in [1.165, 1.54) is 28.6 Å². The Hall–Kier alpha value is -1.49. The molecule has 30 heavy (non-hydrogen) atoms. The van der Waals surface area contributed by atoms with Gasteiger partial charge < -0.3 is 5.32 Å². The van der Waals surface area contributed by atoms with Gasteiger partial charge in [-0.3, -0.25) is 4.79 Å². The number of carbonyl (C=O) groups is 1. The third kappa shape index (κ3) is 6.50. The number of nitrogens with one attached hydrogen (secondary N) is 2. The van der Waals surface area contributed by atoms with Crippen LogP contribution in [-0.2, 0) is 24.8 Å². The van der Waals surface area contributed by atoms with Crippen molar-refractivity contribution < 1.29 is 21.6 Å². The van der Waals surface area contributed by atoms with Crippen LogP contribution in [0, 0.1) is 11.8 Å². The number of unbranched alkanes of at least 4 members (excludes halogenated alkanes) is 1. The summed E-state index contributed by atoms with van der Waals surface area (Å²) in [5.74, 6) is -0.322. The summed E-state index contributed by atoms with van der Waals surface area (Å²) in [6, 6.07) is 5.22. The second kappa shape index (κ2) is 10.7. The number of hydrogen-bond donors (Lipinski definition) is 2. The number of sulfonamides is 2. The molecular weight excluding hydrogens is 426 g/mol. The fraction of sp³-hybridized carbons (Fsp3) is 0.650. The lowest BCUT2D eigenvalue weighted by Gasteiger charge is -2.31. The molecule has 10 heteroatoms. The van der Waals surface area contributed by atoms with Gasteiger partial charge in [-0.25, -0.2) is 21.6 Å². The minimum absolute atomic E-state index is 0.0222. The van der Waals surface area contributed by atoms with Gasteiger partial charge in [-0.15, -0.1) is 0 Å². The minimum atomic E-state index is -3.80. The average Bonchev–Trinajstić information content (AvgIpc) is 2.72. The van der Waals surface area contributed by atoms with Gasteiger partial charge in [0.05, 0.1) is 15.7 Å². The molecule has 0 aliphatic carbocycles. The summed E-state index contributed by atoms with van der Waals surface area (Å²) >= 11 is 0. The fourth-order valence-corrected chi connectivity index (χ4v) is 5.94. The number of carbonyl (C=O) groups excluding carboxylic acids is 1. The van der Waals surface area contributed by atoms with Crippen LogP contribution in [0.15, 0.2) is 34.1 Å². The Labute approximate surface area is 180 Å². The van der Waals surface area contributed by atoms with Crippen LogP contribution in [0.25, 0.3) is 0 Å². The van der Waals surface area contributed by atoms with Crippen LogP contribution in [0.5, 0.6) is 0 Å². The van der Waals surface area contributed by atoms with Crippen molar-refractivity contribution in [1.82, 2.24) is 14.3 Å². The van der Waals surface area contributed by atoms with Crippen LogP contribution < -0.4 is 10.0 Å². The van der Waals surface area contributed by atoms with E-state index in [0.29, 0.717) is 32.5 Å². The third-order valence-electron chi connectivity index (χ3n) is 5.04. The third-order valence-corrected chi connectivity index (χ3v) is 8.36. The topological polar surface area (TPSA) is 113 Å². The summed E-state index contributed by atoms with van der Waals surface area (Å²) < 4.78 is 54.5. The molecule has 1 heterocycles. The first-order valence-corrected chi connectivity index (χ1v) is 13.4. The monoisotopic (exact) mass is 459 g/mol. The molecule has 1 aromatic rings. The fourth-order valence-electron chi connectivity index (χ4n) is 3.21. The van der Waals surface area contributed by atoms with E-state index in [1.807, 2.05) is 20.8 Å². The standard InChI is InChI=1S/C20H33N3O5S2/c1-4-5-12-21-20(24)17-7-6-13-23(15-17)30(27,28)19-10-8-18(9-11-19)29(25,26)22-14-16(2)3/h8-11,16-17,22H,4-7,12-15H2,1-3H3,(H,21,24)/t17-/m0/s1. The molecule has 0 aromatic heterocycles. The first-order chi connectivity index (χ1) is 14.1. The molecule has 8 nitrogen and oxygen atoms in total. The first kappa shape index (κ1) is 24.8. The highest BCUT2D eigenvalue weighted by molar-refractivity contribution is 7.89. The molecule has 1 atom stereocenters. The van der Waals surface area contributed by atoms with Gasteiger partial charge in [0, 0.05) is 26.2 Å². The molecule has 1 saturated heterocycles. The van der Waals surface area contributed by atoms with Gasteiger partial charge in [0.25, 0.3) is 0 Å². The highest BCUT2D eigenvalue weighted by Gasteiger charge is 2.33. The Morgan fingerprint density at radius 3 is 2.37 bits per heavy atom. The number of amides is 1. The highest BCUT2D eigenvalue weighted by Crippen LogP contribution is 2.25. The largest absolute Gasteiger partial charge is 0.356 e. The lowest BCUT2D eigenvalue weighted by Crippen LogP contribution is -2.45. The maximum Gasteiger partial charge on any atom is 0.243 e. The quantitative estimate of drug-likeness (QED) is 0.519. The van der Waals surface area contributed by atoms with E-state index in [-0.39, 0.29) is 34.1 Å². The minimum Gasteiger partial charge on any atom is -0.356 e. The number of benzene rings is 1. The lowest BCUT2D eigenvalue weighted by atomic mass is 9.99. The van der Waals surface area contributed by atoms with Crippen LogP contribution in [0.1, 0.15) is 46.5 Å². The van der Waals surface area contributed by atoms with Crippen molar-refractivity contribution in [2.75, 3.05) is 26.2 Å². The molecule has 170 valence electrons. The zero-order chi connectivity index (χ0) is 22.4. The summed E-state index contributed by atoms with van der Waals surface area (Å²) in [6.45, 7) is 7.21. The van der Waals surface area contributed by atoms with E-state index >= 15 is 0 Å². The Kier molecular flexibility index (Phi) is 8.84. The van der Waals surface area contributed by atoms with E-state index < -0.39 is 20.0 Å². The second-order valence-corrected chi connectivity index (χ2v) is 11.8. The van der Waals surface area contributed by atoms with Crippen LogP contribution in [0.2, 0.25) is 0 Å². The summed E-state index contributed by atoms with van der Waals surface area (Å²) in [5.41, 5.74) is 0. The molecule has 2 rings (SSSR count). The van der Waals surface area contributed by atoms with Crippen molar-refractivity contribution in [3.05, 3.63) is 24.3 Å². The van der Waals surface area contributed by atoms with Gasteiger partial charge in [-0.2, -0.15) is 4.31 Å². The van der Waals surface area contributed by atoms with Gasteiger partial charge in [0.2, 0.25) is 26.0 Å². The van der Waals surface area contributed by atoms with Gasteiger partial charge in [-0.1, -0.05) is 27.2 Å². The molecule has 0 bridgehead atoms. The Morgan fingerprint density at radius 1 is 1.13 bits per heavy atom. The van der Waals surface area contributed by atoms with Crippen molar-refractivity contribution in [2.24, 2.45) is 11.8 Å². The summed E-state index contributed by atoms with van der Waals surface area (Å²) in [7, 11) is -7.49. The molecule has 0 radical (unpaired) electrons. The van der Waals surface area contributed by atoms with Crippen LogP contribution in [0.3, 0.4) is 0 Å². The van der Waals surface area contributed by atoms with Crippen molar-refractivity contribution in [1.29, 1.82) is 0 Å². The van der Waals surface area contributed by atoms with Crippen molar-refractivity contribution in [2.45, 2.75) is 56.2 Å². The molecule has 1 aliphatic heterocycles. The normalized spacial score (nSPS) is 18.5. The van der Waals surface area contributed by atoms with Gasteiger partial charge in [-0.05, 0) is 49.4 Å². The van der Waals surface area contributed by atoms with Crippen molar-refractivity contribution >= 4 is 26.0 Å². The smallest absolute Gasteiger partial charge is 0.243 e. The maximum absolute atomic E-state index is 13.0. The predicted octanol–water partition coefficient (Wildman–Crippen LogP) is 1.94. The lowest BCUT2D eigenvalue weighted by molar-refractivity contribution is -0.126. The SMILES string of the molecule is CCCCNC(=O)[C@H]1CCCN(S(=O)(=O)c2ccc(S(=O)(=O)NCC(C)C)cc2)C1.